The quantitative estimate of drug-likeness (QED) is 0.840. The molecule has 1 aromatic heterocycles. The van der Waals surface area contributed by atoms with Gasteiger partial charge in [-0.1, -0.05) is 30.3 Å². The molecule has 1 atom stereocenters. The molecule has 1 unspecified atom stereocenters. The minimum atomic E-state index is -0.373. The Morgan fingerprint density at radius 1 is 1.42 bits per heavy atom. The first-order chi connectivity index (χ1) is 9.06. The zero-order valence-electron chi connectivity index (χ0n) is 11.0. The van der Waals surface area contributed by atoms with E-state index in [0.717, 1.165) is 16.9 Å². The summed E-state index contributed by atoms with van der Waals surface area (Å²) in [6.45, 7) is 1.86. The largest absolute Gasteiger partial charge is 0.322 e. The Bertz CT molecular complexity index is 565. The Hall–Kier alpha value is -1.75. The monoisotopic (exact) mass is 275 g/mol. The highest BCUT2D eigenvalue weighted by Gasteiger charge is 2.16. The summed E-state index contributed by atoms with van der Waals surface area (Å²) < 4.78 is 1.68. The molecule has 0 saturated carbocycles. The Kier molecular flexibility index (Phi) is 4.27. The summed E-state index contributed by atoms with van der Waals surface area (Å²) in [5, 5.41) is 6.66. The average Bonchev–Trinajstić information content (AvgIpc) is 2.69. The third-order valence-electron chi connectivity index (χ3n) is 2.85. The van der Waals surface area contributed by atoms with Gasteiger partial charge in [0.25, 0.3) is 0 Å². The molecule has 100 valence electrons. The highest BCUT2D eigenvalue weighted by molar-refractivity contribution is 7.81. The van der Waals surface area contributed by atoms with Crippen LogP contribution in [0.5, 0.6) is 0 Å². The molecular formula is C14H17N3OS. The van der Waals surface area contributed by atoms with Crippen molar-refractivity contribution in [2.75, 3.05) is 5.32 Å². The van der Waals surface area contributed by atoms with Gasteiger partial charge in [0.05, 0.1) is 16.6 Å². The molecule has 4 nitrogen and oxygen atoms in total. The zero-order chi connectivity index (χ0) is 13.8. The lowest BCUT2D eigenvalue weighted by Crippen LogP contribution is -2.25. The molecule has 0 aliphatic rings. The fourth-order valence-electron chi connectivity index (χ4n) is 1.87. The molecule has 0 fully saturated rings. The van der Waals surface area contributed by atoms with Gasteiger partial charge in [0, 0.05) is 13.2 Å². The molecule has 0 radical (unpaired) electrons. The second-order valence-electron chi connectivity index (χ2n) is 4.50. The molecule has 0 saturated heterocycles. The van der Waals surface area contributed by atoms with Crippen LogP contribution in [0.3, 0.4) is 0 Å². The summed E-state index contributed by atoms with van der Waals surface area (Å²) in [6.07, 6.45) is 2.39. The van der Waals surface area contributed by atoms with E-state index in [9.17, 15) is 4.79 Å². The van der Waals surface area contributed by atoms with E-state index in [1.807, 2.05) is 44.3 Å². The fourth-order valence-corrected chi connectivity index (χ4v) is 2.14. The van der Waals surface area contributed by atoms with Gasteiger partial charge in [0.15, 0.2) is 0 Å². The number of benzene rings is 1. The molecule has 1 aromatic carbocycles. The summed E-state index contributed by atoms with van der Waals surface area (Å²) in [7, 11) is 1.82. The smallest absolute Gasteiger partial charge is 0.237 e. The van der Waals surface area contributed by atoms with Gasteiger partial charge in [0.1, 0.15) is 0 Å². The second kappa shape index (κ2) is 5.93. The van der Waals surface area contributed by atoms with Crippen LogP contribution in [-0.2, 0) is 18.3 Å². The second-order valence-corrected chi connectivity index (χ2v) is 5.12. The normalized spacial score (nSPS) is 12.2. The number of thiol groups is 1. The van der Waals surface area contributed by atoms with E-state index < -0.39 is 0 Å². The number of hydrogen-bond acceptors (Lipinski definition) is 3. The first-order valence-electron chi connectivity index (χ1n) is 6.09. The lowest BCUT2D eigenvalue weighted by Gasteiger charge is -2.11. The Labute approximate surface area is 118 Å². The van der Waals surface area contributed by atoms with Gasteiger partial charge in [0.2, 0.25) is 5.91 Å². The van der Waals surface area contributed by atoms with Crippen LogP contribution < -0.4 is 5.32 Å². The minimum Gasteiger partial charge on any atom is -0.322 e. The average molecular weight is 275 g/mol. The molecule has 5 heteroatoms. The standard InChI is InChI=1S/C14H17N3OS/c1-10-12(9-17(2)16-10)15-14(18)13(19)8-11-6-4-3-5-7-11/h3-7,9,13,19H,8H2,1-2H3,(H,15,18). The fraction of sp³-hybridized carbons (Fsp3) is 0.286. The number of aryl methyl sites for hydroxylation is 2. The van der Waals surface area contributed by atoms with Gasteiger partial charge in [-0.25, -0.2) is 0 Å². The third-order valence-corrected chi connectivity index (χ3v) is 3.26. The van der Waals surface area contributed by atoms with E-state index in [1.165, 1.54) is 0 Å². The number of nitrogens with one attached hydrogen (secondary N) is 1. The number of rotatable bonds is 4. The number of anilines is 1. The lowest BCUT2D eigenvalue weighted by molar-refractivity contribution is -0.115. The maximum atomic E-state index is 12.1. The molecule has 1 heterocycles. The molecule has 0 bridgehead atoms. The number of amides is 1. The summed E-state index contributed by atoms with van der Waals surface area (Å²) >= 11 is 4.37. The van der Waals surface area contributed by atoms with Gasteiger partial charge in [-0.15, -0.1) is 0 Å². The molecule has 0 aliphatic carbocycles. The van der Waals surface area contributed by atoms with Crippen molar-refractivity contribution in [3.05, 3.63) is 47.8 Å². The van der Waals surface area contributed by atoms with Crippen LogP contribution in [0.2, 0.25) is 0 Å². The molecule has 0 spiro atoms. The van der Waals surface area contributed by atoms with Crippen molar-refractivity contribution in [2.45, 2.75) is 18.6 Å². The van der Waals surface area contributed by atoms with Crippen LogP contribution in [-0.4, -0.2) is 20.9 Å². The van der Waals surface area contributed by atoms with Crippen molar-refractivity contribution in [2.24, 2.45) is 7.05 Å². The van der Waals surface area contributed by atoms with Crippen LogP contribution in [0.1, 0.15) is 11.3 Å². The van der Waals surface area contributed by atoms with Gasteiger partial charge in [-0.05, 0) is 18.9 Å². The van der Waals surface area contributed by atoms with Gasteiger partial charge >= 0.3 is 0 Å². The van der Waals surface area contributed by atoms with Crippen molar-refractivity contribution in [1.29, 1.82) is 0 Å². The Morgan fingerprint density at radius 3 is 2.68 bits per heavy atom. The number of carbonyl (C=O) groups is 1. The third kappa shape index (κ3) is 3.61. The van der Waals surface area contributed by atoms with E-state index in [-0.39, 0.29) is 11.2 Å². The van der Waals surface area contributed by atoms with Gasteiger partial charge in [-0.2, -0.15) is 17.7 Å². The molecular weight excluding hydrogens is 258 g/mol. The summed E-state index contributed by atoms with van der Waals surface area (Å²) in [6, 6.07) is 9.85. The van der Waals surface area contributed by atoms with Crippen molar-refractivity contribution in [1.82, 2.24) is 9.78 Å². The van der Waals surface area contributed by atoms with Crippen LogP contribution >= 0.6 is 12.6 Å². The van der Waals surface area contributed by atoms with E-state index in [0.29, 0.717) is 6.42 Å². The molecule has 2 aromatic rings. The number of aromatic nitrogens is 2. The van der Waals surface area contributed by atoms with Crippen LogP contribution in [0.15, 0.2) is 36.5 Å². The molecule has 1 N–H and O–H groups in total. The molecule has 19 heavy (non-hydrogen) atoms. The Balaban J connectivity index is 1.98. The first-order valence-corrected chi connectivity index (χ1v) is 6.61. The van der Waals surface area contributed by atoms with Crippen LogP contribution in [0, 0.1) is 6.92 Å². The van der Waals surface area contributed by atoms with E-state index in [4.69, 9.17) is 0 Å². The maximum absolute atomic E-state index is 12.1. The first kappa shape index (κ1) is 13.7. The number of hydrogen-bond donors (Lipinski definition) is 2. The molecule has 0 aliphatic heterocycles. The van der Waals surface area contributed by atoms with Crippen molar-refractivity contribution in [3.8, 4) is 0 Å². The van der Waals surface area contributed by atoms with E-state index >= 15 is 0 Å². The predicted molar refractivity (Wildman–Crippen MR) is 79.5 cm³/mol. The molecule has 1 amide bonds. The number of nitrogens with zero attached hydrogens (tertiary/aromatic N) is 2. The summed E-state index contributed by atoms with van der Waals surface area (Å²) in [5.74, 6) is -0.108. The highest BCUT2D eigenvalue weighted by Crippen LogP contribution is 2.14. The van der Waals surface area contributed by atoms with E-state index in [2.05, 4.69) is 23.0 Å². The number of carbonyl (C=O) groups excluding carboxylic acids is 1. The van der Waals surface area contributed by atoms with Crippen LogP contribution in [0.4, 0.5) is 5.69 Å². The van der Waals surface area contributed by atoms with Crippen molar-refractivity contribution < 1.29 is 4.79 Å². The van der Waals surface area contributed by atoms with Crippen LogP contribution in [0.25, 0.3) is 0 Å². The van der Waals surface area contributed by atoms with Crippen molar-refractivity contribution in [3.63, 3.8) is 0 Å². The maximum Gasteiger partial charge on any atom is 0.237 e. The highest BCUT2D eigenvalue weighted by atomic mass is 32.1. The van der Waals surface area contributed by atoms with Gasteiger partial charge in [-0.3, -0.25) is 9.48 Å². The van der Waals surface area contributed by atoms with Crippen molar-refractivity contribution >= 4 is 24.2 Å². The SMILES string of the molecule is Cc1nn(C)cc1NC(=O)C(S)Cc1ccccc1. The summed E-state index contributed by atoms with van der Waals surface area (Å²) in [4.78, 5) is 12.1. The molecule has 2 rings (SSSR count). The summed E-state index contributed by atoms with van der Waals surface area (Å²) in [5.41, 5.74) is 2.64. The Morgan fingerprint density at radius 2 is 2.11 bits per heavy atom. The lowest BCUT2D eigenvalue weighted by atomic mass is 10.1. The van der Waals surface area contributed by atoms with Gasteiger partial charge < -0.3 is 5.32 Å². The van der Waals surface area contributed by atoms with E-state index in [1.54, 1.807) is 10.9 Å². The minimum absolute atomic E-state index is 0.108. The topological polar surface area (TPSA) is 46.9 Å². The zero-order valence-corrected chi connectivity index (χ0v) is 11.9. The predicted octanol–water partition coefficient (Wildman–Crippen LogP) is 2.21.